The van der Waals surface area contributed by atoms with Crippen molar-refractivity contribution in [3.05, 3.63) is 69.3 Å². The van der Waals surface area contributed by atoms with Gasteiger partial charge in [0.05, 0.1) is 5.56 Å². The number of hydrogen-bond donors (Lipinski definition) is 2. The van der Waals surface area contributed by atoms with Gasteiger partial charge in [-0.15, -0.1) is 11.3 Å². The zero-order valence-electron chi connectivity index (χ0n) is 15.6. The Morgan fingerprint density at radius 3 is 2.66 bits per heavy atom. The lowest BCUT2D eigenvalue weighted by molar-refractivity contribution is -0.115. The van der Waals surface area contributed by atoms with Crippen LogP contribution in [0.15, 0.2) is 46.9 Å². The topological polar surface area (TPSA) is 78.1 Å². The Bertz CT molecular complexity index is 1140. The summed E-state index contributed by atoms with van der Waals surface area (Å²) in [6.07, 6.45) is 2.88. The molecule has 0 saturated heterocycles. The predicted octanol–water partition coefficient (Wildman–Crippen LogP) is 5.68. The maximum Gasteiger partial charge on any atom is 0.250 e. The van der Waals surface area contributed by atoms with Crippen molar-refractivity contribution in [1.29, 1.82) is 5.26 Å². The Morgan fingerprint density at radius 2 is 1.97 bits per heavy atom. The molecule has 8 heteroatoms. The molecule has 1 aromatic carbocycles. The molecule has 29 heavy (non-hydrogen) atoms. The zero-order valence-corrected chi connectivity index (χ0v) is 18.0. The van der Waals surface area contributed by atoms with Gasteiger partial charge in [-0.3, -0.25) is 10.1 Å². The van der Waals surface area contributed by atoms with Crippen LogP contribution < -0.4 is 10.6 Å². The minimum absolute atomic E-state index is 0.124. The molecule has 0 fully saturated rings. The molecule has 0 aliphatic carbocycles. The van der Waals surface area contributed by atoms with Crippen molar-refractivity contribution >= 4 is 57.3 Å². The quantitative estimate of drug-likeness (QED) is 0.402. The second-order valence-corrected chi connectivity index (χ2v) is 8.15. The molecule has 3 rings (SSSR count). The van der Waals surface area contributed by atoms with Crippen LogP contribution >= 0.6 is 35.2 Å². The number of halogens is 1. The Labute approximate surface area is 182 Å². The summed E-state index contributed by atoms with van der Waals surface area (Å²) in [5, 5.41) is 16.1. The second-order valence-electron chi connectivity index (χ2n) is 6.08. The third kappa shape index (κ3) is 5.12. The molecule has 0 radical (unpaired) electrons. The van der Waals surface area contributed by atoms with Crippen LogP contribution in [0, 0.1) is 25.2 Å². The van der Waals surface area contributed by atoms with E-state index in [1.165, 1.54) is 17.4 Å². The highest BCUT2D eigenvalue weighted by atomic mass is 35.5. The summed E-state index contributed by atoms with van der Waals surface area (Å²) >= 11 is 12.5. The molecule has 0 saturated carbocycles. The molecule has 0 unspecified atom stereocenters. The lowest BCUT2D eigenvalue weighted by Gasteiger charge is -2.06. The van der Waals surface area contributed by atoms with Crippen molar-refractivity contribution in [3.63, 3.8) is 0 Å². The summed E-state index contributed by atoms with van der Waals surface area (Å²) in [4.78, 5) is 13.1. The van der Waals surface area contributed by atoms with Gasteiger partial charge in [0.15, 0.2) is 5.11 Å². The van der Waals surface area contributed by atoms with Crippen molar-refractivity contribution in [1.82, 2.24) is 5.32 Å². The lowest BCUT2D eigenvalue weighted by atomic mass is 10.2. The second kappa shape index (κ2) is 9.05. The molecule has 146 valence electrons. The van der Waals surface area contributed by atoms with E-state index in [0.29, 0.717) is 27.1 Å². The fourth-order valence-electron chi connectivity index (χ4n) is 2.51. The van der Waals surface area contributed by atoms with E-state index in [-0.39, 0.29) is 5.11 Å². The number of benzene rings is 1. The van der Waals surface area contributed by atoms with Crippen molar-refractivity contribution in [2.24, 2.45) is 0 Å². The highest BCUT2D eigenvalue weighted by Crippen LogP contribution is 2.31. The van der Waals surface area contributed by atoms with Crippen LogP contribution in [-0.4, -0.2) is 11.0 Å². The van der Waals surface area contributed by atoms with Crippen LogP contribution in [0.3, 0.4) is 0 Å². The van der Waals surface area contributed by atoms with Gasteiger partial charge in [0.1, 0.15) is 22.6 Å². The molecule has 0 aliphatic rings. The van der Waals surface area contributed by atoms with E-state index in [1.54, 1.807) is 24.3 Å². The van der Waals surface area contributed by atoms with Crippen molar-refractivity contribution in [2.45, 2.75) is 13.8 Å². The molecule has 2 N–H and O–H groups in total. The van der Waals surface area contributed by atoms with E-state index in [9.17, 15) is 10.1 Å². The number of aryl methyl sites for hydroxylation is 1. The summed E-state index contributed by atoms with van der Waals surface area (Å²) in [5.74, 6) is 0.794. The number of furan rings is 1. The van der Waals surface area contributed by atoms with Crippen LogP contribution in [0.1, 0.15) is 21.8 Å². The molecule has 0 spiro atoms. The number of nitrogens with one attached hydrogen (secondary N) is 2. The van der Waals surface area contributed by atoms with Crippen LogP contribution in [-0.2, 0) is 4.79 Å². The summed E-state index contributed by atoms with van der Waals surface area (Å²) < 4.78 is 5.71. The van der Waals surface area contributed by atoms with Crippen molar-refractivity contribution in [2.75, 3.05) is 5.32 Å². The molecular weight excluding hydrogens is 426 g/mol. The van der Waals surface area contributed by atoms with E-state index in [2.05, 4.69) is 16.7 Å². The monoisotopic (exact) mass is 441 g/mol. The maximum atomic E-state index is 12.1. The first-order valence-electron chi connectivity index (χ1n) is 8.53. The average Bonchev–Trinajstić information content (AvgIpc) is 3.25. The molecule has 1 amide bonds. The van der Waals surface area contributed by atoms with E-state index < -0.39 is 5.91 Å². The summed E-state index contributed by atoms with van der Waals surface area (Å²) in [6, 6.07) is 13.0. The fraction of sp³-hybridized carbons (Fsp3) is 0.0952. The number of carbonyl (C=O) groups is 1. The van der Waals surface area contributed by atoms with Gasteiger partial charge in [0.2, 0.25) is 5.91 Å². The molecule has 0 atom stereocenters. The van der Waals surface area contributed by atoms with Gasteiger partial charge in [0, 0.05) is 21.5 Å². The number of carbonyl (C=O) groups excluding carboxylic acids is 1. The lowest BCUT2D eigenvalue weighted by Crippen LogP contribution is -2.32. The minimum Gasteiger partial charge on any atom is -0.457 e. The molecule has 2 heterocycles. The van der Waals surface area contributed by atoms with Crippen LogP contribution in [0.4, 0.5) is 5.00 Å². The Kier molecular flexibility index (Phi) is 6.49. The van der Waals surface area contributed by atoms with E-state index in [1.807, 2.05) is 32.0 Å². The Morgan fingerprint density at radius 1 is 1.24 bits per heavy atom. The SMILES string of the molecule is Cc1sc(NC(=S)NC(=O)C=Cc2ccc(-c3ccc(Cl)cc3)o2)c(C#N)c1C. The first-order valence-corrected chi connectivity index (χ1v) is 10.1. The maximum absolute atomic E-state index is 12.1. The van der Waals surface area contributed by atoms with Crippen LogP contribution in [0.2, 0.25) is 5.02 Å². The normalized spacial score (nSPS) is 10.7. The summed E-state index contributed by atoms with van der Waals surface area (Å²) in [7, 11) is 0. The number of amides is 1. The number of rotatable bonds is 4. The predicted molar refractivity (Wildman–Crippen MR) is 121 cm³/mol. The smallest absolute Gasteiger partial charge is 0.250 e. The van der Waals surface area contributed by atoms with Crippen LogP contribution in [0.5, 0.6) is 0 Å². The largest absolute Gasteiger partial charge is 0.457 e. The van der Waals surface area contributed by atoms with Crippen molar-refractivity contribution in [3.8, 4) is 17.4 Å². The standard InChI is InChI=1S/C21H16ClN3O2S2/c1-12-13(2)29-20(17(12)11-23)25-21(28)24-19(26)10-8-16-7-9-18(27-16)14-3-5-15(22)6-4-14/h3-10H,1-2H3,(H2,24,25,26,28). The highest BCUT2D eigenvalue weighted by Gasteiger charge is 2.13. The van der Waals surface area contributed by atoms with Gasteiger partial charge >= 0.3 is 0 Å². The van der Waals surface area contributed by atoms with E-state index in [0.717, 1.165) is 16.0 Å². The molecule has 3 aromatic rings. The Balaban J connectivity index is 1.60. The molecular formula is C21H16ClN3O2S2. The highest BCUT2D eigenvalue weighted by molar-refractivity contribution is 7.80. The zero-order chi connectivity index (χ0) is 21.0. The average molecular weight is 442 g/mol. The van der Waals surface area contributed by atoms with Gasteiger partial charge < -0.3 is 9.73 Å². The third-order valence-electron chi connectivity index (χ3n) is 4.12. The molecule has 2 aromatic heterocycles. The molecule has 0 bridgehead atoms. The molecule has 5 nitrogen and oxygen atoms in total. The van der Waals surface area contributed by atoms with Gasteiger partial charge in [0.25, 0.3) is 0 Å². The first-order chi connectivity index (χ1) is 13.9. The minimum atomic E-state index is -0.407. The summed E-state index contributed by atoms with van der Waals surface area (Å²) in [6.45, 7) is 3.81. The number of anilines is 1. The van der Waals surface area contributed by atoms with Gasteiger partial charge in [-0.2, -0.15) is 5.26 Å². The van der Waals surface area contributed by atoms with E-state index >= 15 is 0 Å². The Hall–Kier alpha value is -2.92. The first kappa shape index (κ1) is 20.8. The number of thiocarbonyl (C=S) groups is 1. The van der Waals surface area contributed by atoms with Gasteiger partial charge in [-0.1, -0.05) is 11.6 Å². The van der Waals surface area contributed by atoms with Crippen LogP contribution in [0.25, 0.3) is 17.4 Å². The van der Waals surface area contributed by atoms with Crippen molar-refractivity contribution < 1.29 is 9.21 Å². The molecule has 0 aliphatic heterocycles. The van der Waals surface area contributed by atoms with E-state index in [4.69, 9.17) is 28.2 Å². The fourth-order valence-corrected chi connectivity index (χ4v) is 3.92. The number of nitriles is 1. The number of hydrogen-bond acceptors (Lipinski definition) is 5. The third-order valence-corrected chi connectivity index (χ3v) is 5.69. The van der Waals surface area contributed by atoms with Gasteiger partial charge in [-0.25, -0.2) is 0 Å². The summed E-state index contributed by atoms with van der Waals surface area (Å²) in [5.41, 5.74) is 2.33. The number of thiophene rings is 1. The number of nitrogens with zero attached hydrogens (tertiary/aromatic N) is 1. The van der Waals surface area contributed by atoms with Gasteiger partial charge in [-0.05, 0) is 74.1 Å².